The van der Waals surface area contributed by atoms with Gasteiger partial charge in [-0.15, -0.1) is 34.2 Å². The normalized spacial score (nSPS) is 11.1. The van der Waals surface area contributed by atoms with E-state index in [1.165, 1.54) is 0 Å². The molecule has 0 radical (unpaired) electrons. The second-order valence-corrected chi connectivity index (χ2v) is 4.56. The van der Waals surface area contributed by atoms with Gasteiger partial charge in [-0.05, 0) is 19.1 Å². The topological polar surface area (TPSA) is 71.5 Å². The summed E-state index contributed by atoms with van der Waals surface area (Å²) < 4.78 is 7.28. The molecule has 0 aromatic carbocycles. The minimum atomic E-state index is 0. The standard InChI is InChI=1S/C13H20N6O.HI/c1-10-16-17-12(19(10)4)8-15-13(14-2)18(3)9-11-6-5-7-20-11;/h5-7H,8-9H2,1-4H3,(H,14,15);1H. The molecule has 2 rings (SSSR count). The number of nitrogens with zero attached hydrogens (tertiary/aromatic N) is 5. The van der Waals surface area contributed by atoms with Crippen molar-refractivity contribution in [1.82, 2.24) is 25.0 Å². The number of nitrogens with one attached hydrogen (secondary N) is 1. The van der Waals surface area contributed by atoms with Crippen LogP contribution in [0.2, 0.25) is 0 Å². The fourth-order valence-corrected chi connectivity index (χ4v) is 1.86. The van der Waals surface area contributed by atoms with Gasteiger partial charge in [0.2, 0.25) is 0 Å². The number of guanidine groups is 1. The van der Waals surface area contributed by atoms with Crippen molar-refractivity contribution in [2.75, 3.05) is 14.1 Å². The number of aryl methyl sites for hydroxylation is 1. The highest BCUT2D eigenvalue weighted by Gasteiger charge is 2.10. The Labute approximate surface area is 141 Å². The molecule has 0 saturated heterocycles. The van der Waals surface area contributed by atoms with E-state index < -0.39 is 0 Å². The largest absolute Gasteiger partial charge is 0.467 e. The first kappa shape index (κ1) is 17.5. The Morgan fingerprint density at radius 2 is 2.24 bits per heavy atom. The molecule has 0 unspecified atom stereocenters. The van der Waals surface area contributed by atoms with E-state index in [0.717, 1.165) is 23.4 Å². The summed E-state index contributed by atoms with van der Waals surface area (Å²) in [5.74, 6) is 3.43. The number of aliphatic imine (C=N–C) groups is 1. The average molecular weight is 404 g/mol. The lowest BCUT2D eigenvalue weighted by atomic mass is 10.4. The van der Waals surface area contributed by atoms with Gasteiger partial charge in [-0.1, -0.05) is 0 Å². The fourth-order valence-electron chi connectivity index (χ4n) is 1.86. The lowest BCUT2D eigenvalue weighted by Gasteiger charge is -2.20. The molecule has 2 aromatic heterocycles. The molecule has 2 heterocycles. The zero-order chi connectivity index (χ0) is 14.5. The number of halogens is 1. The molecule has 0 saturated carbocycles. The van der Waals surface area contributed by atoms with Crippen LogP contribution in [-0.2, 0) is 20.1 Å². The van der Waals surface area contributed by atoms with Gasteiger partial charge in [0.05, 0.1) is 19.4 Å². The smallest absolute Gasteiger partial charge is 0.194 e. The van der Waals surface area contributed by atoms with E-state index >= 15 is 0 Å². The first-order valence-corrected chi connectivity index (χ1v) is 6.41. The van der Waals surface area contributed by atoms with Crippen LogP contribution in [0.1, 0.15) is 17.4 Å². The van der Waals surface area contributed by atoms with Crippen LogP contribution >= 0.6 is 24.0 Å². The molecular weight excluding hydrogens is 383 g/mol. The second kappa shape index (κ2) is 8.01. The first-order valence-electron chi connectivity index (χ1n) is 6.41. The van der Waals surface area contributed by atoms with Crippen LogP contribution in [0.15, 0.2) is 27.8 Å². The van der Waals surface area contributed by atoms with Crippen LogP contribution in [0.25, 0.3) is 0 Å². The van der Waals surface area contributed by atoms with E-state index in [0.29, 0.717) is 13.1 Å². The molecule has 0 atom stereocenters. The third-order valence-electron chi connectivity index (χ3n) is 3.13. The lowest BCUT2D eigenvalue weighted by molar-refractivity contribution is 0.399. The molecule has 8 heteroatoms. The van der Waals surface area contributed by atoms with Gasteiger partial charge >= 0.3 is 0 Å². The van der Waals surface area contributed by atoms with Gasteiger partial charge in [0, 0.05) is 21.1 Å². The monoisotopic (exact) mass is 404 g/mol. The van der Waals surface area contributed by atoms with Crippen LogP contribution in [0, 0.1) is 6.92 Å². The number of hydrogen-bond acceptors (Lipinski definition) is 4. The second-order valence-electron chi connectivity index (χ2n) is 4.56. The number of aromatic nitrogens is 3. The van der Waals surface area contributed by atoms with E-state index in [9.17, 15) is 0 Å². The van der Waals surface area contributed by atoms with Crippen molar-refractivity contribution in [3.63, 3.8) is 0 Å². The van der Waals surface area contributed by atoms with Gasteiger partial charge in [0.15, 0.2) is 11.8 Å². The predicted octanol–water partition coefficient (Wildman–Crippen LogP) is 1.54. The molecule has 0 amide bonds. The quantitative estimate of drug-likeness (QED) is 0.476. The molecule has 0 bridgehead atoms. The summed E-state index contributed by atoms with van der Waals surface area (Å²) in [5.41, 5.74) is 0. The van der Waals surface area contributed by atoms with Crippen molar-refractivity contribution in [3.8, 4) is 0 Å². The summed E-state index contributed by atoms with van der Waals surface area (Å²) in [6, 6.07) is 3.82. The summed E-state index contributed by atoms with van der Waals surface area (Å²) in [6.45, 7) is 3.16. The van der Waals surface area contributed by atoms with Gasteiger partial charge in [-0.25, -0.2) is 0 Å². The molecule has 116 valence electrons. The van der Waals surface area contributed by atoms with E-state index in [4.69, 9.17) is 4.42 Å². The third-order valence-corrected chi connectivity index (χ3v) is 3.13. The van der Waals surface area contributed by atoms with Crippen LogP contribution in [0.4, 0.5) is 0 Å². The zero-order valence-electron chi connectivity index (χ0n) is 12.7. The summed E-state index contributed by atoms with van der Waals surface area (Å²) in [6.07, 6.45) is 1.67. The SMILES string of the molecule is CN=C(NCc1nnc(C)n1C)N(C)Cc1ccco1.I. The zero-order valence-corrected chi connectivity index (χ0v) is 15.0. The highest BCUT2D eigenvalue weighted by Crippen LogP contribution is 2.04. The first-order chi connectivity index (χ1) is 9.61. The van der Waals surface area contributed by atoms with Crippen LogP contribution in [0.5, 0.6) is 0 Å². The maximum absolute atomic E-state index is 5.33. The minimum absolute atomic E-state index is 0. The van der Waals surface area contributed by atoms with Crippen molar-refractivity contribution in [3.05, 3.63) is 35.8 Å². The van der Waals surface area contributed by atoms with Crippen LogP contribution in [-0.4, -0.2) is 39.7 Å². The molecule has 2 aromatic rings. The Morgan fingerprint density at radius 3 is 2.76 bits per heavy atom. The molecule has 1 N–H and O–H groups in total. The van der Waals surface area contributed by atoms with Crippen molar-refractivity contribution >= 4 is 29.9 Å². The van der Waals surface area contributed by atoms with E-state index in [2.05, 4.69) is 20.5 Å². The molecule has 21 heavy (non-hydrogen) atoms. The summed E-state index contributed by atoms with van der Waals surface area (Å²) >= 11 is 0. The summed E-state index contributed by atoms with van der Waals surface area (Å²) in [7, 11) is 5.66. The van der Waals surface area contributed by atoms with E-state index in [1.54, 1.807) is 13.3 Å². The summed E-state index contributed by atoms with van der Waals surface area (Å²) in [5, 5.41) is 11.4. The van der Waals surface area contributed by atoms with Crippen molar-refractivity contribution in [2.24, 2.45) is 12.0 Å². The molecular formula is C13H21IN6O. The molecule has 0 fully saturated rings. The van der Waals surface area contributed by atoms with Crippen molar-refractivity contribution < 1.29 is 4.42 Å². The number of hydrogen-bond donors (Lipinski definition) is 1. The fraction of sp³-hybridized carbons (Fsp3) is 0.462. The highest BCUT2D eigenvalue weighted by atomic mass is 127. The number of furan rings is 1. The predicted molar refractivity (Wildman–Crippen MR) is 91.5 cm³/mol. The van der Waals surface area contributed by atoms with Crippen molar-refractivity contribution in [2.45, 2.75) is 20.0 Å². The maximum Gasteiger partial charge on any atom is 0.194 e. The number of rotatable bonds is 4. The maximum atomic E-state index is 5.33. The minimum Gasteiger partial charge on any atom is -0.467 e. The van der Waals surface area contributed by atoms with Gasteiger partial charge < -0.3 is 19.2 Å². The average Bonchev–Trinajstić information content (AvgIpc) is 3.04. The van der Waals surface area contributed by atoms with Gasteiger partial charge in [-0.2, -0.15) is 0 Å². The van der Waals surface area contributed by atoms with Gasteiger partial charge in [-0.3, -0.25) is 4.99 Å². The Kier molecular flexibility index (Phi) is 6.66. The lowest BCUT2D eigenvalue weighted by Crippen LogP contribution is -2.38. The molecule has 7 nitrogen and oxygen atoms in total. The Morgan fingerprint density at radius 1 is 1.48 bits per heavy atom. The molecule has 0 aliphatic rings. The Bertz CT molecular complexity index is 578. The van der Waals surface area contributed by atoms with E-state index in [1.807, 2.05) is 42.6 Å². The van der Waals surface area contributed by atoms with Gasteiger partial charge in [0.25, 0.3) is 0 Å². The molecule has 0 spiro atoms. The Balaban J connectivity index is 0.00000220. The van der Waals surface area contributed by atoms with Gasteiger partial charge in [0.1, 0.15) is 11.6 Å². The molecule has 0 aliphatic heterocycles. The van der Waals surface area contributed by atoms with Crippen molar-refractivity contribution in [1.29, 1.82) is 0 Å². The third kappa shape index (κ3) is 4.45. The highest BCUT2D eigenvalue weighted by molar-refractivity contribution is 14.0. The van der Waals surface area contributed by atoms with E-state index in [-0.39, 0.29) is 24.0 Å². The Hall–Kier alpha value is -1.58. The molecule has 0 aliphatic carbocycles. The van der Waals surface area contributed by atoms with Crippen LogP contribution < -0.4 is 5.32 Å². The van der Waals surface area contributed by atoms with Crippen LogP contribution in [0.3, 0.4) is 0 Å². The summed E-state index contributed by atoms with van der Waals surface area (Å²) in [4.78, 5) is 6.24.